The number of hydrogen-bond acceptors (Lipinski definition) is 7. The zero-order valence-electron chi connectivity index (χ0n) is 20.3. The van der Waals surface area contributed by atoms with Crippen LogP contribution in [0.1, 0.15) is 17.0 Å². The van der Waals surface area contributed by atoms with Crippen LogP contribution in [0.5, 0.6) is 0 Å². The van der Waals surface area contributed by atoms with E-state index in [0.29, 0.717) is 21.2 Å². The molecule has 0 spiro atoms. The van der Waals surface area contributed by atoms with Crippen molar-refractivity contribution in [2.45, 2.75) is 10.8 Å². The van der Waals surface area contributed by atoms with E-state index in [-0.39, 0.29) is 30.4 Å². The second-order valence-corrected chi connectivity index (χ2v) is 12.4. The minimum Gasteiger partial charge on any atom is -0.466 e. The molecule has 1 atom stereocenters. The zero-order valence-corrected chi connectivity index (χ0v) is 23.4. The fourth-order valence-corrected chi connectivity index (χ4v) is 7.53. The summed E-state index contributed by atoms with van der Waals surface area (Å²) in [7, 11) is -3.10. The first-order valence-corrected chi connectivity index (χ1v) is 14.6. The SMILES string of the molecule is COC(=O)C1=c2s/c(=C/c3ccc(Cl)cc3)c(=O)n2C(N)=C(S(=O)(=O)c2ccccc2)[C@H]1c1ccc(Cl)cc1. The number of esters is 1. The van der Waals surface area contributed by atoms with Crippen LogP contribution < -0.4 is 20.5 Å². The first-order valence-electron chi connectivity index (χ1n) is 11.5. The van der Waals surface area contributed by atoms with Crippen LogP contribution in [0.15, 0.2) is 93.5 Å². The summed E-state index contributed by atoms with van der Waals surface area (Å²) < 4.78 is 34.8. The van der Waals surface area contributed by atoms with Gasteiger partial charge in [0, 0.05) is 10.0 Å². The third kappa shape index (κ3) is 4.83. The number of nitrogens with zero attached hydrogens (tertiary/aromatic N) is 1. The quantitative estimate of drug-likeness (QED) is 0.351. The first kappa shape index (κ1) is 27.0. The Kier molecular flexibility index (Phi) is 7.26. The monoisotopic (exact) mass is 598 g/mol. The van der Waals surface area contributed by atoms with Crippen LogP contribution in [0.25, 0.3) is 17.5 Å². The molecule has 1 aliphatic rings. The largest absolute Gasteiger partial charge is 0.466 e. The number of halogens is 2. The second kappa shape index (κ2) is 10.5. The Bertz CT molecular complexity index is 1910. The van der Waals surface area contributed by atoms with Crippen molar-refractivity contribution >= 4 is 67.8 Å². The highest BCUT2D eigenvalue weighted by molar-refractivity contribution is 7.95. The minimum absolute atomic E-state index is 0.0265. The van der Waals surface area contributed by atoms with E-state index in [1.54, 1.807) is 72.8 Å². The van der Waals surface area contributed by atoms with Crippen LogP contribution in [0.3, 0.4) is 0 Å². The molecule has 0 radical (unpaired) electrons. The van der Waals surface area contributed by atoms with E-state index in [2.05, 4.69) is 0 Å². The third-order valence-corrected chi connectivity index (χ3v) is 9.75. The lowest BCUT2D eigenvalue weighted by Crippen LogP contribution is -2.41. The Morgan fingerprint density at radius 1 is 0.974 bits per heavy atom. The van der Waals surface area contributed by atoms with Gasteiger partial charge in [-0.2, -0.15) is 0 Å². The average Bonchev–Trinajstić information content (AvgIpc) is 3.25. The summed E-state index contributed by atoms with van der Waals surface area (Å²) >= 11 is 13.1. The molecule has 0 aliphatic carbocycles. The second-order valence-electron chi connectivity index (χ2n) is 8.56. The number of allylic oxidation sites excluding steroid dienone is 1. The van der Waals surface area contributed by atoms with Crippen LogP contribution in [0.2, 0.25) is 10.0 Å². The molecule has 1 aromatic heterocycles. The molecule has 2 N–H and O–H groups in total. The summed E-state index contributed by atoms with van der Waals surface area (Å²) in [6, 6.07) is 20.9. The lowest BCUT2D eigenvalue weighted by molar-refractivity contribution is -0.134. The van der Waals surface area contributed by atoms with Gasteiger partial charge < -0.3 is 10.5 Å². The van der Waals surface area contributed by atoms with Crippen molar-refractivity contribution in [2.24, 2.45) is 5.73 Å². The number of methoxy groups -OCH3 is 1. The number of ether oxygens (including phenoxy) is 1. The van der Waals surface area contributed by atoms with Crippen LogP contribution >= 0.6 is 34.5 Å². The van der Waals surface area contributed by atoms with Gasteiger partial charge in [0.2, 0.25) is 9.84 Å². The number of carbonyl (C=O) groups excluding carboxylic acids is 1. The van der Waals surface area contributed by atoms with Gasteiger partial charge in [0.1, 0.15) is 15.4 Å². The summed E-state index contributed by atoms with van der Waals surface area (Å²) in [6.07, 6.45) is 1.62. The first-order chi connectivity index (χ1) is 18.6. The van der Waals surface area contributed by atoms with Gasteiger partial charge in [0.15, 0.2) is 0 Å². The molecule has 198 valence electrons. The Balaban J connectivity index is 1.92. The summed E-state index contributed by atoms with van der Waals surface area (Å²) in [6.45, 7) is 0. The molecule has 0 fully saturated rings. The molecule has 0 saturated heterocycles. The molecular weight excluding hydrogens is 579 g/mol. The molecule has 11 heteroatoms. The highest BCUT2D eigenvalue weighted by Crippen LogP contribution is 2.42. The van der Waals surface area contributed by atoms with Crippen molar-refractivity contribution in [2.75, 3.05) is 7.11 Å². The Hall–Kier alpha value is -3.63. The van der Waals surface area contributed by atoms with Crippen molar-refractivity contribution < 1.29 is 17.9 Å². The van der Waals surface area contributed by atoms with E-state index in [0.717, 1.165) is 15.9 Å². The number of sulfone groups is 1. The fourth-order valence-electron chi connectivity index (χ4n) is 4.41. The van der Waals surface area contributed by atoms with Gasteiger partial charge in [0.05, 0.1) is 28.0 Å². The molecule has 1 aliphatic heterocycles. The predicted octanol–water partition coefficient (Wildman–Crippen LogP) is 3.73. The van der Waals surface area contributed by atoms with Crippen molar-refractivity contribution in [3.05, 3.63) is 124 Å². The van der Waals surface area contributed by atoms with Crippen molar-refractivity contribution in [3.63, 3.8) is 0 Å². The van der Waals surface area contributed by atoms with E-state index in [1.165, 1.54) is 19.2 Å². The zero-order chi connectivity index (χ0) is 27.9. The lowest BCUT2D eigenvalue weighted by Gasteiger charge is -2.27. The maximum Gasteiger partial charge on any atom is 0.337 e. The fraction of sp³-hybridized carbons (Fsp3) is 0.0714. The van der Waals surface area contributed by atoms with Gasteiger partial charge in [-0.1, -0.05) is 65.7 Å². The van der Waals surface area contributed by atoms with Crippen LogP contribution in [0, 0.1) is 0 Å². The number of nitrogens with two attached hydrogens (primary N) is 1. The van der Waals surface area contributed by atoms with E-state index in [9.17, 15) is 18.0 Å². The number of hydrogen-bond donors (Lipinski definition) is 1. The molecule has 2 heterocycles. The van der Waals surface area contributed by atoms with Gasteiger partial charge in [-0.15, -0.1) is 11.3 Å². The molecule has 5 rings (SSSR count). The number of aromatic nitrogens is 1. The Morgan fingerprint density at radius 3 is 2.15 bits per heavy atom. The maximum absolute atomic E-state index is 14.1. The molecule has 4 aromatic rings. The topological polar surface area (TPSA) is 108 Å². The van der Waals surface area contributed by atoms with E-state index >= 15 is 0 Å². The van der Waals surface area contributed by atoms with Crippen LogP contribution in [0.4, 0.5) is 0 Å². The van der Waals surface area contributed by atoms with Crippen LogP contribution in [-0.2, 0) is 19.4 Å². The predicted molar refractivity (Wildman–Crippen MR) is 153 cm³/mol. The standard InChI is InChI=1S/C28H20Cl2N2O5S2/c1-37-28(34)23-22(17-9-13-19(30)14-10-17)24(39(35,36)20-5-3-2-4-6-20)25(31)32-26(33)21(38-27(23)32)15-16-7-11-18(29)12-8-16/h2-15,22H,31H2,1H3/b21-15+/t22-/m0/s1. The summed E-state index contributed by atoms with van der Waals surface area (Å²) in [5.74, 6) is -2.25. The van der Waals surface area contributed by atoms with E-state index in [4.69, 9.17) is 33.7 Å². The number of fused-ring (bicyclic) bond motifs is 1. The third-order valence-electron chi connectivity index (χ3n) is 6.22. The summed E-state index contributed by atoms with van der Waals surface area (Å²) in [5, 5.41) is 0.955. The molecule has 0 saturated carbocycles. The number of rotatable bonds is 5. The van der Waals surface area contributed by atoms with E-state index < -0.39 is 27.3 Å². The Labute approximate surface area is 237 Å². The van der Waals surface area contributed by atoms with Gasteiger partial charge >= 0.3 is 5.97 Å². The highest BCUT2D eigenvalue weighted by atomic mass is 35.5. The molecule has 7 nitrogen and oxygen atoms in total. The molecule has 0 unspecified atom stereocenters. The van der Waals surface area contributed by atoms with E-state index in [1.807, 2.05) is 0 Å². The number of carbonyl (C=O) groups is 1. The maximum atomic E-state index is 14.1. The average molecular weight is 600 g/mol. The number of benzene rings is 3. The highest BCUT2D eigenvalue weighted by Gasteiger charge is 2.42. The minimum atomic E-state index is -4.29. The summed E-state index contributed by atoms with van der Waals surface area (Å²) in [5.41, 5.74) is 7.08. The van der Waals surface area contributed by atoms with Gasteiger partial charge in [0.25, 0.3) is 5.56 Å². The smallest absolute Gasteiger partial charge is 0.337 e. The number of thiazole rings is 1. The Morgan fingerprint density at radius 2 is 1.56 bits per heavy atom. The van der Waals surface area contributed by atoms with Gasteiger partial charge in [-0.25, -0.2) is 13.2 Å². The molecule has 0 amide bonds. The van der Waals surface area contributed by atoms with Crippen LogP contribution in [-0.4, -0.2) is 26.1 Å². The van der Waals surface area contributed by atoms with Crippen molar-refractivity contribution in [3.8, 4) is 0 Å². The molecule has 0 bridgehead atoms. The normalized spacial score (nSPS) is 15.8. The molecule has 39 heavy (non-hydrogen) atoms. The van der Waals surface area contributed by atoms with Crippen molar-refractivity contribution in [1.82, 2.24) is 4.57 Å². The van der Waals surface area contributed by atoms with Crippen molar-refractivity contribution in [1.29, 1.82) is 0 Å². The molecule has 3 aromatic carbocycles. The van der Waals surface area contributed by atoms with Gasteiger partial charge in [-0.3, -0.25) is 9.36 Å². The summed E-state index contributed by atoms with van der Waals surface area (Å²) in [4.78, 5) is 26.7. The van der Waals surface area contributed by atoms with Gasteiger partial charge in [-0.05, 0) is 53.6 Å². The lowest BCUT2D eigenvalue weighted by atomic mass is 9.89. The molecular formula is C28H20Cl2N2O5S2.